The third-order valence-corrected chi connectivity index (χ3v) is 1.91. The smallest absolute Gasteiger partial charge is 0.339 e. The Balaban J connectivity index is 2.52. The van der Waals surface area contributed by atoms with E-state index in [1.165, 1.54) is 13.3 Å². The van der Waals surface area contributed by atoms with Crippen molar-refractivity contribution < 1.29 is 14.3 Å². The molecule has 0 radical (unpaired) electrons. The molecular weight excluding hydrogens is 194 g/mol. The largest absolute Gasteiger partial charge is 0.478 e. The van der Waals surface area contributed by atoms with Crippen LogP contribution in [0.4, 0.5) is 0 Å². The van der Waals surface area contributed by atoms with Crippen LogP contribution in [-0.2, 0) is 4.74 Å². The van der Waals surface area contributed by atoms with Gasteiger partial charge in [0, 0.05) is 12.3 Å². The molecule has 0 aliphatic carbocycles. The fourth-order valence-electron chi connectivity index (χ4n) is 1.03. The van der Waals surface area contributed by atoms with Crippen LogP contribution in [-0.4, -0.2) is 24.7 Å². The maximum atomic E-state index is 11.1. The molecule has 0 spiro atoms. The highest BCUT2D eigenvalue weighted by molar-refractivity contribution is 5.88. The average Bonchev–Trinajstić information content (AvgIpc) is 2.29. The first-order valence-electron chi connectivity index (χ1n) is 4.95. The molecule has 0 saturated carbocycles. The van der Waals surface area contributed by atoms with Crippen LogP contribution in [0.1, 0.15) is 30.1 Å². The zero-order chi connectivity index (χ0) is 11.1. The minimum absolute atomic E-state index is 0.386. The van der Waals surface area contributed by atoms with Crippen LogP contribution in [0.25, 0.3) is 0 Å². The maximum absolute atomic E-state index is 11.1. The summed E-state index contributed by atoms with van der Waals surface area (Å²) in [6.07, 6.45) is 3.54. The maximum Gasteiger partial charge on any atom is 0.339 e. The van der Waals surface area contributed by atoms with Crippen LogP contribution in [0.15, 0.2) is 18.3 Å². The van der Waals surface area contributed by atoms with Gasteiger partial charge in [-0.25, -0.2) is 9.78 Å². The molecule has 0 amide bonds. The lowest BCUT2D eigenvalue weighted by Gasteiger charge is -2.04. The molecular formula is C11H15NO3. The fraction of sp³-hybridized carbons (Fsp3) is 0.455. The van der Waals surface area contributed by atoms with Crippen molar-refractivity contribution >= 4 is 5.97 Å². The highest BCUT2D eigenvalue weighted by Gasteiger charge is 2.05. The molecule has 1 aromatic heterocycles. The second-order valence-corrected chi connectivity index (χ2v) is 3.08. The van der Waals surface area contributed by atoms with Gasteiger partial charge < -0.3 is 9.47 Å². The number of rotatable bonds is 5. The lowest BCUT2D eigenvalue weighted by molar-refractivity contribution is 0.0600. The molecule has 0 aromatic carbocycles. The van der Waals surface area contributed by atoms with Gasteiger partial charge in [0.25, 0.3) is 0 Å². The van der Waals surface area contributed by atoms with Gasteiger partial charge >= 0.3 is 5.97 Å². The lowest BCUT2D eigenvalue weighted by atomic mass is 10.3. The number of unbranched alkanes of at least 4 members (excludes halogenated alkanes) is 1. The molecule has 1 aromatic rings. The summed E-state index contributed by atoms with van der Waals surface area (Å²) < 4.78 is 9.91. The Morgan fingerprint density at radius 3 is 2.80 bits per heavy atom. The monoisotopic (exact) mass is 209 g/mol. The Labute approximate surface area is 89.2 Å². The van der Waals surface area contributed by atoms with Crippen molar-refractivity contribution in [1.82, 2.24) is 4.98 Å². The molecule has 82 valence electrons. The molecule has 1 rings (SSSR count). The number of carbonyl (C=O) groups is 1. The molecule has 4 heteroatoms. The van der Waals surface area contributed by atoms with E-state index in [1.54, 1.807) is 12.1 Å². The molecule has 0 aliphatic rings. The first kappa shape index (κ1) is 11.5. The SMILES string of the molecule is CCCCOc1ccc(C(=O)OC)cn1. The summed E-state index contributed by atoms with van der Waals surface area (Å²) in [6.45, 7) is 2.75. The predicted octanol–water partition coefficient (Wildman–Crippen LogP) is 2.05. The minimum atomic E-state index is -0.386. The van der Waals surface area contributed by atoms with Crippen LogP contribution in [0.3, 0.4) is 0 Å². The summed E-state index contributed by atoms with van der Waals surface area (Å²) >= 11 is 0. The first-order chi connectivity index (χ1) is 7.27. The lowest BCUT2D eigenvalue weighted by Crippen LogP contribution is -2.03. The number of carbonyl (C=O) groups excluding carboxylic acids is 1. The summed E-state index contributed by atoms with van der Waals surface area (Å²) in [6, 6.07) is 3.31. The molecule has 4 nitrogen and oxygen atoms in total. The molecule has 0 atom stereocenters. The van der Waals surface area contributed by atoms with Gasteiger partial charge in [-0.1, -0.05) is 13.3 Å². The van der Waals surface area contributed by atoms with Gasteiger partial charge in [0.05, 0.1) is 19.3 Å². The number of nitrogens with zero attached hydrogens (tertiary/aromatic N) is 1. The summed E-state index contributed by atoms with van der Waals surface area (Å²) in [5.41, 5.74) is 0.431. The molecule has 0 fully saturated rings. The molecule has 0 unspecified atom stereocenters. The number of hydrogen-bond donors (Lipinski definition) is 0. The van der Waals surface area contributed by atoms with Crippen LogP contribution >= 0.6 is 0 Å². The van der Waals surface area contributed by atoms with Crippen LogP contribution in [0, 0.1) is 0 Å². The summed E-state index contributed by atoms with van der Waals surface area (Å²) in [5.74, 6) is 0.152. The standard InChI is InChI=1S/C11H15NO3/c1-3-4-7-15-10-6-5-9(8-12-10)11(13)14-2/h5-6,8H,3-4,7H2,1-2H3. The Kier molecular flexibility index (Phi) is 4.60. The van der Waals surface area contributed by atoms with E-state index in [1.807, 2.05) is 0 Å². The summed E-state index contributed by atoms with van der Waals surface area (Å²) in [4.78, 5) is 15.1. The Hall–Kier alpha value is -1.58. The van der Waals surface area contributed by atoms with Crippen molar-refractivity contribution in [2.75, 3.05) is 13.7 Å². The van der Waals surface area contributed by atoms with E-state index in [0.717, 1.165) is 12.8 Å². The number of pyridine rings is 1. The van der Waals surface area contributed by atoms with Crippen LogP contribution in [0.5, 0.6) is 5.88 Å². The van der Waals surface area contributed by atoms with E-state index in [0.29, 0.717) is 18.1 Å². The highest BCUT2D eigenvalue weighted by Crippen LogP contribution is 2.08. The molecule has 0 bridgehead atoms. The second kappa shape index (κ2) is 6.01. The van der Waals surface area contributed by atoms with Crippen molar-refractivity contribution in [3.05, 3.63) is 23.9 Å². The summed E-state index contributed by atoms with van der Waals surface area (Å²) in [7, 11) is 1.34. The second-order valence-electron chi connectivity index (χ2n) is 3.08. The van der Waals surface area contributed by atoms with E-state index in [4.69, 9.17) is 4.74 Å². The number of methoxy groups -OCH3 is 1. The van der Waals surface area contributed by atoms with Crippen molar-refractivity contribution in [2.24, 2.45) is 0 Å². The van der Waals surface area contributed by atoms with Crippen LogP contribution in [0.2, 0.25) is 0 Å². The zero-order valence-corrected chi connectivity index (χ0v) is 9.03. The third-order valence-electron chi connectivity index (χ3n) is 1.91. The highest BCUT2D eigenvalue weighted by atomic mass is 16.5. The molecule has 0 saturated heterocycles. The van der Waals surface area contributed by atoms with E-state index < -0.39 is 0 Å². The minimum Gasteiger partial charge on any atom is -0.478 e. The van der Waals surface area contributed by atoms with Gasteiger partial charge in [0.2, 0.25) is 5.88 Å². The first-order valence-corrected chi connectivity index (χ1v) is 4.95. The van der Waals surface area contributed by atoms with Gasteiger partial charge in [0.1, 0.15) is 0 Å². The number of ether oxygens (including phenoxy) is 2. The predicted molar refractivity (Wildman–Crippen MR) is 56.0 cm³/mol. The summed E-state index contributed by atoms with van der Waals surface area (Å²) in [5, 5.41) is 0. The third kappa shape index (κ3) is 3.58. The van der Waals surface area contributed by atoms with Gasteiger partial charge in [-0.15, -0.1) is 0 Å². The van der Waals surface area contributed by atoms with E-state index in [2.05, 4.69) is 16.6 Å². The molecule has 0 aliphatic heterocycles. The van der Waals surface area contributed by atoms with Crippen LogP contribution < -0.4 is 4.74 Å². The number of aromatic nitrogens is 1. The quantitative estimate of drug-likeness (QED) is 0.550. The normalized spacial score (nSPS) is 9.73. The van der Waals surface area contributed by atoms with Crippen molar-refractivity contribution in [3.8, 4) is 5.88 Å². The van der Waals surface area contributed by atoms with Crippen molar-refractivity contribution in [2.45, 2.75) is 19.8 Å². The molecule has 15 heavy (non-hydrogen) atoms. The fourth-order valence-corrected chi connectivity index (χ4v) is 1.03. The van der Waals surface area contributed by atoms with Crippen molar-refractivity contribution in [1.29, 1.82) is 0 Å². The van der Waals surface area contributed by atoms with E-state index >= 15 is 0 Å². The Morgan fingerprint density at radius 1 is 1.47 bits per heavy atom. The van der Waals surface area contributed by atoms with Crippen molar-refractivity contribution in [3.63, 3.8) is 0 Å². The molecule has 0 N–H and O–H groups in total. The Bertz CT molecular complexity index is 308. The Morgan fingerprint density at radius 2 is 2.27 bits per heavy atom. The number of esters is 1. The van der Waals surface area contributed by atoms with E-state index in [-0.39, 0.29) is 5.97 Å². The van der Waals surface area contributed by atoms with Gasteiger partial charge in [0.15, 0.2) is 0 Å². The van der Waals surface area contributed by atoms with Gasteiger partial charge in [-0.2, -0.15) is 0 Å². The van der Waals surface area contributed by atoms with Gasteiger partial charge in [-0.05, 0) is 12.5 Å². The topological polar surface area (TPSA) is 48.4 Å². The average molecular weight is 209 g/mol. The van der Waals surface area contributed by atoms with E-state index in [9.17, 15) is 4.79 Å². The molecule has 1 heterocycles. The zero-order valence-electron chi connectivity index (χ0n) is 9.03. The number of hydrogen-bond acceptors (Lipinski definition) is 4. The van der Waals surface area contributed by atoms with Gasteiger partial charge in [-0.3, -0.25) is 0 Å².